The van der Waals surface area contributed by atoms with Crippen LogP contribution in [0.25, 0.3) is 0 Å². The van der Waals surface area contributed by atoms with E-state index in [9.17, 15) is 60.7 Å². The average molecular weight is 1090 g/mol. The van der Waals surface area contributed by atoms with E-state index in [1.54, 1.807) is 0 Å². The number of methoxy groups -OCH3 is 1. The third-order valence-corrected chi connectivity index (χ3v) is 19.9. The molecule has 22 heteroatoms. The molecule has 3 saturated carbocycles. The minimum absolute atomic E-state index is 0.00811. The van der Waals surface area contributed by atoms with Crippen LogP contribution in [0.1, 0.15) is 106 Å². The Labute approximate surface area is 443 Å². The molecule has 22 nitrogen and oxygen atoms in total. The number of allylic oxidation sites excluding steroid dienone is 3. The summed E-state index contributed by atoms with van der Waals surface area (Å²) >= 11 is 0. The summed E-state index contributed by atoms with van der Waals surface area (Å²) in [6.45, 7) is 16.4. The van der Waals surface area contributed by atoms with Gasteiger partial charge in [-0.3, -0.25) is 9.59 Å². The number of aliphatic hydroxyl groups is 10. The van der Waals surface area contributed by atoms with E-state index in [0.29, 0.717) is 32.1 Å². The second kappa shape index (κ2) is 21.6. The van der Waals surface area contributed by atoms with Crippen LogP contribution in [0.2, 0.25) is 0 Å². The number of rotatable bonds is 15. The molecule has 9 rings (SSSR count). The highest BCUT2D eigenvalue weighted by molar-refractivity contribution is 5.99. The van der Waals surface area contributed by atoms with Crippen molar-refractivity contribution in [1.29, 1.82) is 0 Å². The zero-order chi connectivity index (χ0) is 55.4. The summed E-state index contributed by atoms with van der Waals surface area (Å²) < 4.78 is 59.7. The lowest BCUT2D eigenvalue weighted by molar-refractivity contribution is -0.389. The van der Waals surface area contributed by atoms with Crippen LogP contribution in [0.5, 0.6) is 0 Å². The maximum absolute atomic E-state index is 14.3. The summed E-state index contributed by atoms with van der Waals surface area (Å²) in [5.41, 5.74) is -0.923. The minimum atomic E-state index is -1.91. The highest BCUT2D eigenvalue weighted by atomic mass is 16.8. The van der Waals surface area contributed by atoms with E-state index in [2.05, 4.69) is 40.3 Å². The Bertz CT molecular complexity index is 2160. The maximum atomic E-state index is 14.3. The SMILES string of the molecule is C=C(C)CCC[C@]1(C)OC(=O)[C@]23CC=C4C(CCC5C(C)(C)[C@@H](O[C@@H]6OC[C@@H](O)[C@H](O)[C@H]6O[C@@H]6O[C@H](C)[C@@H](O[C@@H]7O[C@H](CO)[C@@H](O)[C@H](O[C@@H]8O[C@H](CO)[C@@H](O)[C@H](OC)[C@H]8O)[C@H]7O)[C@H](O)[C@H]6O)CC[C@]45C)[C@]2(C)CC(=O)[C@@H]31. The Balaban J connectivity index is 0.870. The first-order chi connectivity index (χ1) is 35.7. The van der Waals surface area contributed by atoms with Crippen molar-refractivity contribution in [2.45, 2.75) is 235 Å². The normalized spacial score (nSPS) is 52.0. The fourth-order valence-electron chi connectivity index (χ4n) is 15.8. The van der Waals surface area contributed by atoms with E-state index in [0.717, 1.165) is 31.3 Å². The largest absolute Gasteiger partial charge is 0.458 e. The molecule has 5 saturated heterocycles. The van der Waals surface area contributed by atoms with Crippen LogP contribution in [-0.4, -0.2) is 218 Å². The van der Waals surface area contributed by atoms with Crippen LogP contribution in [0, 0.1) is 39.4 Å². The molecule has 0 aromatic carbocycles. The molecule has 76 heavy (non-hydrogen) atoms. The number of hydrogen-bond acceptors (Lipinski definition) is 22. The topological polar surface area (TPSA) is 329 Å². The number of aliphatic hydroxyl groups excluding tert-OH is 10. The molecule has 10 N–H and O–H groups in total. The van der Waals surface area contributed by atoms with Crippen LogP contribution in [-0.2, 0) is 57.0 Å². The average Bonchev–Trinajstić information content (AvgIpc) is 4.01. The summed E-state index contributed by atoms with van der Waals surface area (Å²) in [7, 11) is 1.21. The molecule has 8 fully saturated rings. The molecule has 4 aliphatic carbocycles. The number of ether oxygens (including phenoxy) is 10. The summed E-state index contributed by atoms with van der Waals surface area (Å²) in [5.74, 6) is -0.597. The first-order valence-electron chi connectivity index (χ1n) is 27.2. The van der Waals surface area contributed by atoms with Crippen molar-refractivity contribution in [3.63, 3.8) is 0 Å². The van der Waals surface area contributed by atoms with Gasteiger partial charge in [0.05, 0.1) is 43.4 Å². The molecule has 0 amide bonds. The highest BCUT2D eigenvalue weighted by Gasteiger charge is 2.79. The molecular formula is C54H84O22. The number of cyclic esters (lactones) is 1. The van der Waals surface area contributed by atoms with Crippen molar-refractivity contribution in [2.24, 2.45) is 39.4 Å². The summed E-state index contributed by atoms with van der Waals surface area (Å²) in [6, 6.07) is 0. The summed E-state index contributed by atoms with van der Waals surface area (Å²) in [6.07, 6.45) is -22.2. The van der Waals surface area contributed by atoms with E-state index in [1.807, 2.05) is 13.8 Å². The number of ketones is 1. The van der Waals surface area contributed by atoms with E-state index in [-0.39, 0.29) is 35.6 Å². The molecule has 0 aromatic heterocycles. The quantitative estimate of drug-likeness (QED) is 0.0576. The maximum Gasteiger partial charge on any atom is 0.314 e. The van der Waals surface area contributed by atoms with Crippen LogP contribution in [0.15, 0.2) is 23.8 Å². The number of Topliss-reactive ketones (excluding diaryl/α,β-unsaturated/α-hetero) is 1. The Kier molecular flexibility index (Phi) is 16.7. The Hall–Kier alpha value is -2.14. The van der Waals surface area contributed by atoms with Gasteiger partial charge >= 0.3 is 5.97 Å². The van der Waals surface area contributed by atoms with Gasteiger partial charge in [-0.05, 0) is 100 Å². The van der Waals surface area contributed by atoms with Crippen LogP contribution < -0.4 is 0 Å². The lowest BCUT2D eigenvalue weighted by Crippen LogP contribution is -2.67. The zero-order valence-electron chi connectivity index (χ0n) is 44.9. The van der Waals surface area contributed by atoms with Crippen molar-refractivity contribution < 1.29 is 108 Å². The summed E-state index contributed by atoms with van der Waals surface area (Å²) in [5, 5.41) is 109. The number of fused-ring (bicyclic) bond motifs is 4. The number of esters is 1. The molecule has 5 aliphatic heterocycles. The van der Waals surface area contributed by atoms with Gasteiger partial charge in [0.1, 0.15) is 96.8 Å². The molecule has 27 atom stereocenters. The molecule has 0 radical (unpaired) electrons. The standard InChI is InChI=1S/C54H84O22/c1-23(2)11-10-16-53(8)44-27(57)19-52(7)26-12-13-31-50(4,5)32(15-17-51(31,6)25(26)14-18-54(44,52)49(66)76-53)72-48-43(33(59)28(58)22-68-48)75-45-37(63)36(62)40(24(3)69-45)73-47-39(65)42(35(61)30(21-56)71-47)74-46-38(64)41(67-9)34(60)29(20-55)70-46/h14,24,26,28-48,55-56,58-65H,1,10-13,15-22H2,2-9H3/t24-,26?,28-,29-,30-,31?,32+,33+,34-,35-,36-,37-,38-,39-,40-,41+,42+,43-,44-,45+,46+,47+,48+,51-,52+,53+,54-/m1/s1. The van der Waals surface area contributed by atoms with Gasteiger partial charge in [0.15, 0.2) is 25.2 Å². The van der Waals surface area contributed by atoms with E-state index in [1.165, 1.54) is 19.6 Å². The van der Waals surface area contributed by atoms with E-state index in [4.69, 9.17) is 47.4 Å². The third-order valence-electron chi connectivity index (χ3n) is 19.9. The summed E-state index contributed by atoms with van der Waals surface area (Å²) in [4.78, 5) is 28.6. The lowest BCUT2D eigenvalue weighted by Gasteiger charge is -2.63. The Morgan fingerprint density at radius 3 is 1.96 bits per heavy atom. The van der Waals surface area contributed by atoms with Gasteiger partial charge < -0.3 is 98.4 Å². The second-order valence-corrected chi connectivity index (χ2v) is 24.8. The van der Waals surface area contributed by atoms with Crippen molar-refractivity contribution in [3.8, 4) is 0 Å². The Morgan fingerprint density at radius 2 is 1.33 bits per heavy atom. The van der Waals surface area contributed by atoms with Crippen LogP contribution in [0.4, 0.5) is 0 Å². The van der Waals surface area contributed by atoms with Gasteiger partial charge in [0, 0.05) is 13.5 Å². The zero-order valence-corrected chi connectivity index (χ0v) is 44.9. The lowest BCUT2D eigenvalue weighted by atomic mass is 9.41. The smallest absolute Gasteiger partial charge is 0.314 e. The molecule has 9 aliphatic rings. The molecule has 0 aromatic rings. The minimum Gasteiger partial charge on any atom is -0.458 e. The molecule has 1 spiro atoms. The Morgan fingerprint density at radius 1 is 0.724 bits per heavy atom. The van der Waals surface area contributed by atoms with Crippen molar-refractivity contribution in [3.05, 3.63) is 23.8 Å². The number of carbonyl (C=O) groups excluding carboxylic acids is 2. The van der Waals surface area contributed by atoms with Crippen molar-refractivity contribution in [2.75, 3.05) is 26.9 Å². The molecule has 0 bridgehead atoms. The molecule has 2 unspecified atom stereocenters. The van der Waals surface area contributed by atoms with E-state index >= 15 is 0 Å². The van der Waals surface area contributed by atoms with Gasteiger partial charge in [-0.1, -0.05) is 44.9 Å². The van der Waals surface area contributed by atoms with Gasteiger partial charge in [0.25, 0.3) is 0 Å². The first-order valence-corrected chi connectivity index (χ1v) is 27.2. The fraction of sp³-hybridized carbons (Fsp3) is 0.889. The second-order valence-electron chi connectivity index (χ2n) is 24.8. The first kappa shape index (κ1) is 58.5. The number of carbonyl (C=O) groups is 2. The predicted octanol–water partition coefficient (Wildman–Crippen LogP) is -0.209. The highest BCUT2D eigenvalue weighted by Crippen LogP contribution is 2.75. The van der Waals surface area contributed by atoms with Gasteiger partial charge in [-0.25, -0.2) is 0 Å². The monoisotopic (exact) mass is 1080 g/mol. The number of hydrogen-bond donors (Lipinski definition) is 10. The third kappa shape index (κ3) is 9.41. The molecular weight excluding hydrogens is 1000 g/mol. The van der Waals surface area contributed by atoms with E-state index < -0.39 is 164 Å². The van der Waals surface area contributed by atoms with Gasteiger partial charge in [0.2, 0.25) is 0 Å². The van der Waals surface area contributed by atoms with Gasteiger partial charge in [-0.15, -0.1) is 6.58 Å². The van der Waals surface area contributed by atoms with Gasteiger partial charge in [-0.2, -0.15) is 0 Å². The molecule has 5 heterocycles. The van der Waals surface area contributed by atoms with Crippen molar-refractivity contribution >= 4 is 11.8 Å². The van der Waals surface area contributed by atoms with Crippen molar-refractivity contribution in [1.82, 2.24) is 0 Å². The molecule has 432 valence electrons. The predicted molar refractivity (Wildman–Crippen MR) is 261 cm³/mol. The van der Waals surface area contributed by atoms with Crippen LogP contribution >= 0.6 is 0 Å². The van der Waals surface area contributed by atoms with Crippen LogP contribution in [0.3, 0.4) is 0 Å². The fourth-order valence-corrected chi connectivity index (χ4v) is 15.8.